The van der Waals surface area contributed by atoms with Crippen molar-refractivity contribution in [3.63, 3.8) is 0 Å². The first-order valence-corrected chi connectivity index (χ1v) is 8.37. The Kier molecular flexibility index (Phi) is 4.33. The molecule has 1 aliphatic rings. The molecule has 1 aliphatic heterocycles. The van der Waals surface area contributed by atoms with E-state index in [1.807, 2.05) is 0 Å². The van der Waals surface area contributed by atoms with Gasteiger partial charge in [-0.25, -0.2) is 0 Å². The zero-order valence-electron chi connectivity index (χ0n) is 8.81. The van der Waals surface area contributed by atoms with Crippen molar-refractivity contribution in [1.82, 2.24) is 0 Å². The number of hydrogen-bond donors (Lipinski definition) is 0. The molecule has 0 aromatic rings. The molecule has 0 aromatic heterocycles. The lowest BCUT2D eigenvalue weighted by molar-refractivity contribution is 1.14. The molecule has 13 heavy (non-hydrogen) atoms. The van der Waals surface area contributed by atoms with Crippen LogP contribution < -0.4 is 0 Å². The standard InChI is InChI=1S/C10H18BClSi/c1-4-9-7-13(12)8-10(9)11(5-2)6-3/h7-8,13H,4-6H2,1-3H3. The molecule has 1 rings (SSSR count). The molecule has 0 aliphatic carbocycles. The number of halogens is 1. The minimum Gasteiger partial charge on any atom is -0.161 e. The maximum atomic E-state index is 6.22. The normalized spacial score (nSPS) is 21.4. The van der Waals surface area contributed by atoms with Crippen molar-refractivity contribution >= 4 is 25.9 Å². The third kappa shape index (κ3) is 2.50. The fraction of sp³-hybridized carbons (Fsp3) is 0.600. The van der Waals surface area contributed by atoms with Gasteiger partial charge in [0.2, 0.25) is 0 Å². The van der Waals surface area contributed by atoms with Crippen LogP contribution in [0.1, 0.15) is 27.2 Å². The summed E-state index contributed by atoms with van der Waals surface area (Å²) in [5.41, 5.74) is 7.78. The Morgan fingerprint density at radius 2 is 1.85 bits per heavy atom. The molecule has 0 bridgehead atoms. The van der Waals surface area contributed by atoms with E-state index in [2.05, 4.69) is 32.2 Å². The lowest BCUT2D eigenvalue weighted by Crippen LogP contribution is -2.14. The molecule has 1 unspecified atom stereocenters. The average molecular weight is 213 g/mol. The largest absolute Gasteiger partial charge is 0.187 e. The van der Waals surface area contributed by atoms with E-state index < -0.39 is 8.11 Å². The molecule has 1 atom stereocenters. The van der Waals surface area contributed by atoms with Crippen molar-refractivity contribution in [3.05, 3.63) is 22.4 Å². The van der Waals surface area contributed by atoms with Crippen molar-refractivity contribution in [2.45, 2.75) is 39.8 Å². The maximum Gasteiger partial charge on any atom is 0.187 e. The Hall–Kier alpha value is 0.0518. The zero-order chi connectivity index (χ0) is 9.84. The van der Waals surface area contributed by atoms with Crippen LogP contribution in [0.4, 0.5) is 0 Å². The number of allylic oxidation sites excluding steroid dienone is 2. The summed E-state index contributed by atoms with van der Waals surface area (Å²) >= 11 is 6.22. The van der Waals surface area contributed by atoms with E-state index in [9.17, 15) is 0 Å². The molecule has 0 fully saturated rings. The van der Waals surface area contributed by atoms with Gasteiger partial charge >= 0.3 is 0 Å². The monoisotopic (exact) mass is 212 g/mol. The summed E-state index contributed by atoms with van der Waals surface area (Å²) in [6.07, 6.45) is 3.65. The van der Waals surface area contributed by atoms with E-state index in [0.29, 0.717) is 0 Å². The van der Waals surface area contributed by atoms with Crippen molar-refractivity contribution in [3.8, 4) is 0 Å². The first kappa shape index (κ1) is 11.1. The smallest absolute Gasteiger partial charge is 0.161 e. The minimum absolute atomic E-state index is 0.752. The van der Waals surface area contributed by atoms with Gasteiger partial charge in [0.1, 0.15) is 0 Å². The van der Waals surface area contributed by atoms with Crippen LogP contribution in [0.5, 0.6) is 0 Å². The summed E-state index contributed by atoms with van der Waals surface area (Å²) in [5.74, 6) is 0. The van der Waals surface area contributed by atoms with Crippen molar-refractivity contribution < 1.29 is 0 Å². The lowest BCUT2D eigenvalue weighted by Gasteiger charge is -2.13. The third-order valence-electron chi connectivity index (χ3n) is 2.88. The highest BCUT2D eigenvalue weighted by molar-refractivity contribution is 7.13. The summed E-state index contributed by atoms with van der Waals surface area (Å²) in [6, 6.07) is 0. The van der Waals surface area contributed by atoms with Gasteiger partial charge in [0.25, 0.3) is 0 Å². The molecule has 1 heterocycles. The van der Waals surface area contributed by atoms with E-state index in [1.165, 1.54) is 18.2 Å². The van der Waals surface area contributed by atoms with Gasteiger partial charge in [-0.05, 0) is 6.42 Å². The predicted octanol–water partition coefficient (Wildman–Crippen LogP) is 3.38. The van der Waals surface area contributed by atoms with Gasteiger partial charge < -0.3 is 0 Å². The van der Waals surface area contributed by atoms with Crippen LogP contribution in [-0.4, -0.2) is 14.8 Å². The molecule has 0 saturated carbocycles. The molecule has 0 radical (unpaired) electrons. The fourth-order valence-corrected chi connectivity index (χ4v) is 4.67. The highest BCUT2D eigenvalue weighted by Gasteiger charge is 2.23. The SMILES string of the molecule is CCB(CC)C1=C[SiH](Cl)C=C1CC. The first-order valence-electron chi connectivity index (χ1n) is 5.29. The lowest BCUT2D eigenvalue weighted by atomic mass is 9.40. The fourth-order valence-electron chi connectivity index (χ4n) is 2.06. The summed E-state index contributed by atoms with van der Waals surface area (Å²) in [4.78, 5) is 0. The first-order chi connectivity index (χ1) is 6.22. The van der Waals surface area contributed by atoms with Gasteiger partial charge in [0.15, 0.2) is 14.8 Å². The van der Waals surface area contributed by atoms with Gasteiger partial charge in [-0.3, -0.25) is 0 Å². The summed E-state index contributed by atoms with van der Waals surface area (Å²) in [7, 11) is -1.12. The highest BCUT2D eigenvalue weighted by atomic mass is 35.6. The van der Waals surface area contributed by atoms with Gasteiger partial charge in [-0.15, -0.1) is 0 Å². The topological polar surface area (TPSA) is 0 Å². The highest BCUT2D eigenvalue weighted by Crippen LogP contribution is 2.27. The summed E-state index contributed by atoms with van der Waals surface area (Å²) in [6.45, 7) is 7.52. The molecule has 0 N–H and O–H groups in total. The van der Waals surface area contributed by atoms with Gasteiger partial charge in [-0.2, -0.15) is 11.1 Å². The van der Waals surface area contributed by atoms with Crippen molar-refractivity contribution in [2.75, 3.05) is 0 Å². The van der Waals surface area contributed by atoms with Crippen LogP contribution in [0, 0.1) is 0 Å². The molecule has 0 spiro atoms. The summed E-state index contributed by atoms with van der Waals surface area (Å²) < 4.78 is 0. The van der Waals surface area contributed by atoms with Gasteiger partial charge in [-0.1, -0.05) is 55.9 Å². The van der Waals surface area contributed by atoms with E-state index in [4.69, 9.17) is 11.1 Å². The Labute approximate surface area is 88.4 Å². The number of rotatable bonds is 4. The Bertz CT molecular complexity index is 231. The predicted molar refractivity (Wildman–Crippen MR) is 66.2 cm³/mol. The van der Waals surface area contributed by atoms with Gasteiger partial charge in [0, 0.05) is 0 Å². The van der Waals surface area contributed by atoms with E-state index in [0.717, 1.165) is 13.1 Å². The minimum atomic E-state index is -1.12. The van der Waals surface area contributed by atoms with E-state index in [1.54, 1.807) is 5.47 Å². The van der Waals surface area contributed by atoms with Crippen LogP contribution in [0.2, 0.25) is 12.6 Å². The Balaban J connectivity index is 2.79. The quantitative estimate of drug-likeness (QED) is 0.495. The second kappa shape index (κ2) is 5.06. The molecular weight excluding hydrogens is 194 g/mol. The van der Waals surface area contributed by atoms with Crippen LogP contribution >= 0.6 is 11.1 Å². The maximum absolute atomic E-state index is 6.22. The van der Waals surface area contributed by atoms with Crippen molar-refractivity contribution in [2.24, 2.45) is 0 Å². The van der Waals surface area contributed by atoms with Crippen molar-refractivity contribution in [1.29, 1.82) is 0 Å². The Morgan fingerprint density at radius 1 is 1.23 bits per heavy atom. The molecular formula is C10H18BClSi. The Morgan fingerprint density at radius 3 is 2.31 bits per heavy atom. The second-order valence-corrected chi connectivity index (χ2v) is 6.69. The van der Waals surface area contributed by atoms with Crippen LogP contribution in [0.25, 0.3) is 0 Å². The van der Waals surface area contributed by atoms with E-state index in [-0.39, 0.29) is 0 Å². The van der Waals surface area contributed by atoms with Gasteiger partial charge in [0.05, 0.1) is 0 Å². The molecule has 0 aromatic carbocycles. The van der Waals surface area contributed by atoms with E-state index >= 15 is 0 Å². The molecule has 0 saturated heterocycles. The molecule has 72 valence electrons. The van der Waals surface area contributed by atoms with Crippen LogP contribution in [0.15, 0.2) is 22.4 Å². The average Bonchev–Trinajstić information content (AvgIpc) is 2.49. The third-order valence-corrected chi connectivity index (χ3v) is 5.03. The summed E-state index contributed by atoms with van der Waals surface area (Å²) in [5, 5.41) is 0. The van der Waals surface area contributed by atoms with Crippen LogP contribution in [0.3, 0.4) is 0 Å². The zero-order valence-corrected chi connectivity index (χ0v) is 10.7. The molecule has 0 amide bonds. The second-order valence-electron chi connectivity index (χ2n) is 3.63. The molecule has 0 nitrogen and oxygen atoms in total. The van der Waals surface area contributed by atoms with Crippen LogP contribution in [-0.2, 0) is 0 Å². The molecule has 3 heteroatoms. The number of hydrogen-bond acceptors (Lipinski definition) is 0.